The molecule has 4 heterocycles. The van der Waals surface area contributed by atoms with E-state index in [-0.39, 0.29) is 12.1 Å². The van der Waals surface area contributed by atoms with Crippen molar-refractivity contribution in [3.63, 3.8) is 0 Å². The van der Waals surface area contributed by atoms with E-state index in [1.165, 1.54) is 0 Å². The molecule has 4 rings (SSSR count). The highest BCUT2D eigenvalue weighted by Gasteiger charge is 2.36. The first-order chi connectivity index (χ1) is 13.1. The van der Waals surface area contributed by atoms with Crippen LogP contribution in [-0.4, -0.2) is 62.1 Å². The average molecular weight is 447 g/mol. The molecule has 1 fully saturated rings. The highest BCUT2D eigenvalue weighted by molar-refractivity contribution is 9.10. The minimum atomic E-state index is -0.506. The maximum absolute atomic E-state index is 12.3. The molecule has 0 aliphatic carbocycles. The monoisotopic (exact) mass is 446 g/mol. The van der Waals surface area contributed by atoms with E-state index in [0.717, 1.165) is 27.1 Å². The number of aromatic nitrogens is 4. The number of hydrogen-bond donors (Lipinski definition) is 0. The molecule has 0 saturated carbocycles. The molecule has 1 aliphatic rings. The number of hydrogen-bond acceptors (Lipinski definition) is 6. The van der Waals surface area contributed by atoms with E-state index in [1.807, 2.05) is 44.4 Å². The largest absolute Gasteiger partial charge is 0.444 e. The number of imidazole rings is 1. The lowest BCUT2D eigenvalue weighted by Gasteiger charge is -2.44. The zero-order valence-electron chi connectivity index (χ0n) is 16.6. The normalized spacial score (nSPS) is 15.1. The molecule has 0 atom stereocenters. The molecule has 0 unspecified atom stereocenters. The Morgan fingerprint density at radius 2 is 2.04 bits per heavy atom. The van der Waals surface area contributed by atoms with Gasteiger partial charge in [-0.2, -0.15) is 0 Å². The molecule has 1 aliphatic heterocycles. The summed E-state index contributed by atoms with van der Waals surface area (Å²) in [6.07, 6.45) is 3.42. The number of aryl methyl sites for hydroxylation is 1. The molecule has 1 saturated heterocycles. The Morgan fingerprint density at radius 3 is 2.71 bits per heavy atom. The van der Waals surface area contributed by atoms with Gasteiger partial charge >= 0.3 is 6.09 Å². The van der Waals surface area contributed by atoms with Gasteiger partial charge in [0.25, 0.3) is 0 Å². The molecule has 0 bridgehead atoms. The summed E-state index contributed by atoms with van der Waals surface area (Å²) in [5.41, 5.74) is 2.76. The number of ether oxygens (including phenoxy) is 1. The predicted octanol–water partition coefficient (Wildman–Crippen LogP) is 3.40. The maximum Gasteiger partial charge on any atom is 0.410 e. The van der Waals surface area contributed by atoms with Crippen molar-refractivity contribution in [2.75, 3.05) is 25.0 Å². The van der Waals surface area contributed by atoms with Gasteiger partial charge in [-0.05, 0) is 49.7 Å². The third kappa shape index (κ3) is 3.39. The summed E-state index contributed by atoms with van der Waals surface area (Å²) in [4.78, 5) is 29.9. The number of carbonyl (C=O) groups is 1. The van der Waals surface area contributed by atoms with Crippen LogP contribution in [0, 0.1) is 6.92 Å². The van der Waals surface area contributed by atoms with Gasteiger partial charge in [0.1, 0.15) is 5.60 Å². The third-order valence-corrected chi connectivity index (χ3v) is 5.14. The van der Waals surface area contributed by atoms with Crippen LogP contribution in [0.4, 0.5) is 10.6 Å². The van der Waals surface area contributed by atoms with Crippen molar-refractivity contribution in [1.29, 1.82) is 0 Å². The second-order valence-electron chi connectivity index (χ2n) is 8.16. The number of nitrogens with zero attached hydrogens (tertiary/aromatic N) is 6. The molecule has 148 valence electrons. The highest BCUT2D eigenvalue weighted by atomic mass is 79.9. The fraction of sp³-hybridized carbons (Fsp3) is 0.474. The molecule has 28 heavy (non-hydrogen) atoms. The maximum atomic E-state index is 12.3. The van der Waals surface area contributed by atoms with Crippen LogP contribution in [0.15, 0.2) is 22.9 Å². The van der Waals surface area contributed by atoms with Gasteiger partial charge in [0.05, 0.1) is 17.3 Å². The van der Waals surface area contributed by atoms with Crippen LogP contribution in [0.1, 0.15) is 26.5 Å². The first-order valence-electron chi connectivity index (χ1n) is 9.14. The van der Waals surface area contributed by atoms with Crippen LogP contribution < -0.4 is 4.90 Å². The van der Waals surface area contributed by atoms with Gasteiger partial charge in [-0.3, -0.25) is 4.40 Å². The van der Waals surface area contributed by atoms with Crippen LogP contribution in [0.25, 0.3) is 16.8 Å². The molecule has 0 aromatic carbocycles. The fourth-order valence-corrected chi connectivity index (χ4v) is 3.56. The van der Waals surface area contributed by atoms with Gasteiger partial charge in [0.15, 0.2) is 17.1 Å². The predicted molar refractivity (Wildman–Crippen MR) is 111 cm³/mol. The van der Waals surface area contributed by atoms with E-state index < -0.39 is 5.60 Å². The van der Waals surface area contributed by atoms with Crippen molar-refractivity contribution < 1.29 is 9.53 Å². The molecule has 3 aromatic heterocycles. The summed E-state index contributed by atoms with van der Waals surface area (Å²) in [5.74, 6) is 0.782. The van der Waals surface area contributed by atoms with Crippen molar-refractivity contribution in [2.24, 2.45) is 0 Å². The number of amides is 1. The van der Waals surface area contributed by atoms with Crippen molar-refractivity contribution in [2.45, 2.75) is 39.3 Å². The van der Waals surface area contributed by atoms with Gasteiger partial charge in [-0.1, -0.05) is 0 Å². The van der Waals surface area contributed by atoms with E-state index in [9.17, 15) is 4.79 Å². The fourth-order valence-electron chi connectivity index (χ4n) is 3.24. The lowest BCUT2D eigenvalue weighted by Crippen LogP contribution is -2.60. The summed E-state index contributed by atoms with van der Waals surface area (Å²) in [6, 6.07) is 2.06. The molecule has 0 radical (unpaired) electrons. The average Bonchev–Trinajstić information content (AvgIpc) is 2.94. The SMILES string of the molecule is Cc1cn2c(n1)c(N1CC(N(C)C(=O)OC(C)(C)C)C1)nc1ncc(Br)cc12. The van der Waals surface area contributed by atoms with Crippen LogP contribution in [0.2, 0.25) is 0 Å². The molecule has 0 spiro atoms. The third-order valence-electron chi connectivity index (χ3n) is 4.70. The summed E-state index contributed by atoms with van der Waals surface area (Å²) in [5, 5.41) is 0. The van der Waals surface area contributed by atoms with Crippen molar-refractivity contribution >= 4 is 44.7 Å². The van der Waals surface area contributed by atoms with Crippen LogP contribution in [-0.2, 0) is 4.74 Å². The molecule has 1 amide bonds. The zero-order chi connectivity index (χ0) is 20.2. The summed E-state index contributed by atoms with van der Waals surface area (Å²) in [6.45, 7) is 8.91. The van der Waals surface area contributed by atoms with E-state index in [4.69, 9.17) is 9.72 Å². The molecule has 9 heteroatoms. The van der Waals surface area contributed by atoms with Gasteiger partial charge in [0.2, 0.25) is 0 Å². The molecular formula is C19H23BrN6O2. The number of halogens is 1. The van der Waals surface area contributed by atoms with Crippen molar-refractivity contribution in [3.05, 3.63) is 28.6 Å². The Bertz CT molecular complexity index is 1070. The number of fused-ring (bicyclic) bond motifs is 3. The summed E-state index contributed by atoms with van der Waals surface area (Å²) >= 11 is 3.47. The van der Waals surface area contributed by atoms with E-state index in [2.05, 4.69) is 30.8 Å². The highest BCUT2D eigenvalue weighted by Crippen LogP contribution is 2.29. The Hall–Kier alpha value is -2.42. The Kier molecular flexibility index (Phi) is 4.45. The van der Waals surface area contributed by atoms with Crippen molar-refractivity contribution in [3.8, 4) is 0 Å². The van der Waals surface area contributed by atoms with Gasteiger partial charge in [-0.25, -0.2) is 19.7 Å². The van der Waals surface area contributed by atoms with Crippen LogP contribution in [0.3, 0.4) is 0 Å². The van der Waals surface area contributed by atoms with Crippen LogP contribution >= 0.6 is 15.9 Å². The second-order valence-corrected chi connectivity index (χ2v) is 9.07. The lowest BCUT2D eigenvalue weighted by atomic mass is 10.1. The molecule has 0 N–H and O–H groups in total. The lowest BCUT2D eigenvalue weighted by molar-refractivity contribution is 0.0197. The molecule has 3 aromatic rings. The number of carbonyl (C=O) groups excluding carboxylic acids is 1. The Morgan fingerprint density at radius 1 is 1.32 bits per heavy atom. The topological polar surface area (TPSA) is 75.9 Å². The van der Waals surface area contributed by atoms with E-state index in [1.54, 1.807) is 18.1 Å². The number of rotatable bonds is 2. The van der Waals surface area contributed by atoms with Gasteiger partial charge < -0.3 is 14.5 Å². The zero-order valence-corrected chi connectivity index (χ0v) is 18.2. The Balaban J connectivity index is 1.61. The quantitative estimate of drug-likeness (QED) is 0.600. The van der Waals surface area contributed by atoms with E-state index in [0.29, 0.717) is 18.7 Å². The Labute approximate surface area is 171 Å². The first kappa shape index (κ1) is 18.9. The van der Waals surface area contributed by atoms with Gasteiger partial charge in [-0.15, -0.1) is 0 Å². The number of likely N-dealkylation sites (N-methyl/N-ethyl adjacent to an activating group) is 1. The molecular weight excluding hydrogens is 424 g/mol. The van der Waals surface area contributed by atoms with Gasteiger partial charge in [0, 0.05) is 37.0 Å². The van der Waals surface area contributed by atoms with E-state index >= 15 is 0 Å². The van der Waals surface area contributed by atoms with Crippen LogP contribution in [0.5, 0.6) is 0 Å². The minimum Gasteiger partial charge on any atom is -0.444 e. The van der Waals surface area contributed by atoms with Crippen molar-refractivity contribution in [1.82, 2.24) is 24.3 Å². The second kappa shape index (κ2) is 6.58. The summed E-state index contributed by atoms with van der Waals surface area (Å²) < 4.78 is 8.38. The molecule has 8 nitrogen and oxygen atoms in total. The minimum absolute atomic E-state index is 0.0707. The standard InChI is InChI=1S/C19H23BrN6O2/c1-11-8-26-14-6-12(20)7-21-15(14)23-16(17(26)22-11)25-9-13(10-25)24(5)18(27)28-19(2,3)4/h6-8,13H,9-10H2,1-5H3. The summed E-state index contributed by atoms with van der Waals surface area (Å²) in [7, 11) is 1.78. The number of anilines is 1. The number of pyridine rings is 1. The smallest absolute Gasteiger partial charge is 0.410 e. The first-order valence-corrected chi connectivity index (χ1v) is 9.93.